The monoisotopic (exact) mass is 221 g/mol. The van der Waals surface area contributed by atoms with E-state index in [1.165, 1.54) is 11.1 Å². The molecule has 1 aliphatic rings. The van der Waals surface area contributed by atoms with Crippen LogP contribution in [0.25, 0.3) is 6.08 Å². The van der Waals surface area contributed by atoms with Gasteiger partial charge in [0.25, 0.3) is 5.56 Å². The second kappa shape index (κ2) is 4.27. The number of allylic oxidation sites excluding steroid dienone is 1. The van der Waals surface area contributed by atoms with Crippen LogP contribution in [0.3, 0.4) is 0 Å². The van der Waals surface area contributed by atoms with Gasteiger partial charge in [0.1, 0.15) is 0 Å². The standard InChI is InChI=1S/C12H15NOS/c1-3-4-9-8(2)13-12(14)11-7-15-6-5-10(9)11/h3-4H,5-7H2,1-2H3,(H,13,14)/b4-3-. The third-order valence-corrected chi connectivity index (χ3v) is 3.73. The second-order valence-electron chi connectivity index (χ2n) is 3.75. The molecule has 1 aromatic rings. The van der Waals surface area contributed by atoms with Gasteiger partial charge in [0.05, 0.1) is 0 Å². The van der Waals surface area contributed by atoms with Gasteiger partial charge in [-0.2, -0.15) is 11.8 Å². The van der Waals surface area contributed by atoms with Crippen LogP contribution in [0.4, 0.5) is 0 Å². The van der Waals surface area contributed by atoms with Gasteiger partial charge in [-0.1, -0.05) is 12.2 Å². The Balaban J connectivity index is 2.68. The fourth-order valence-electron chi connectivity index (χ4n) is 2.02. The van der Waals surface area contributed by atoms with Crippen molar-refractivity contribution < 1.29 is 0 Å². The molecule has 3 heteroatoms. The van der Waals surface area contributed by atoms with Gasteiger partial charge in [0, 0.05) is 17.0 Å². The van der Waals surface area contributed by atoms with Crippen molar-refractivity contribution in [3.63, 3.8) is 0 Å². The number of rotatable bonds is 1. The Morgan fingerprint density at radius 2 is 2.20 bits per heavy atom. The van der Waals surface area contributed by atoms with Crippen molar-refractivity contribution in [3.8, 4) is 0 Å². The summed E-state index contributed by atoms with van der Waals surface area (Å²) in [6, 6.07) is 0. The lowest BCUT2D eigenvalue weighted by atomic mass is 9.99. The van der Waals surface area contributed by atoms with Crippen molar-refractivity contribution in [3.05, 3.63) is 38.8 Å². The maximum absolute atomic E-state index is 11.7. The van der Waals surface area contributed by atoms with Gasteiger partial charge in [-0.25, -0.2) is 0 Å². The lowest BCUT2D eigenvalue weighted by Gasteiger charge is -2.18. The summed E-state index contributed by atoms with van der Waals surface area (Å²) in [5.41, 5.74) is 4.54. The summed E-state index contributed by atoms with van der Waals surface area (Å²) in [5, 5.41) is 0. The lowest BCUT2D eigenvalue weighted by Crippen LogP contribution is -2.21. The minimum atomic E-state index is 0.1000. The van der Waals surface area contributed by atoms with Crippen LogP contribution in [0.1, 0.15) is 29.3 Å². The zero-order valence-corrected chi connectivity index (χ0v) is 9.91. The minimum Gasteiger partial charge on any atom is -0.326 e. The molecule has 1 N–H and O–H groups in total. The van der Waals surface area contributed by atoms with E-state index >= 15 is 0 Å². The Hall–Kier alpha value is -0.960. The van der Waals surface area contributed by atoms with Crippen LogP contribution in [0.15, 0.2) is 10.9 Å². The SMILES string of the molecule is C/C=C\c1c(C)[nH]c(=O)c2c1CCSC2. The van der Waals surface area contributed by atoms with Gasteiger partial charge >= 0.3 is 0 Å². The fourth-order valence-corrected chi connectivity index (χ4v) is 3.02. The van der Waals surface area contributed by atoms with Gasteiger partial charge in [-0.15, -0.1) is 0 Å². The van der Waals surface area contributed by atoms with E-state index in [2.05, 4.69) is 11.1 Å². The summed E-state index contributed by atoms with van der Waals surface area (Å²) in [6.07, 6.45) is 5.15. The van der Waals surface area contributed by atoms with Crippen LogP contribution in [-0.4, -0.2) is 10.7 Å². The average Bonchev–Trinajstić information content (AvgIpc) is 2.24. The average molecular weight is 221 g/mol. The molecule has 0 saturated heterocycles. The first kappa shape index (κ1) is 10.6. The molecule has 1 aliphatic heterocycles. The van der Waals surface area contributed by atoms with Gasteiger partial charge in [-0.3, -0.25) is 4.79 Å². The molecule has 0 aliphatic carbocycles. The number of aromatic amines is 1. The molecule has 0 radical (unpaired) electrons. The van der Waals surface area contributed by atoms with Gasteiger partial charge in [0.15, 0.2) is 0 Å². The molecule has 0 aromatic carbocycles. The molecule has 0 unspecified atom stereocenters. The minimum absolute atomic E-state index is 0.1000. The quantitative estimate of drug-likeness (QED) is 0.790. The number of fused-ring (bicyclic) bond motifs is 1. The Bertz CT molecular complexity index is 459. The first-order valence-corrected chi connectivity index (χ1v) is 6.34. The third kappa shape index (κ3) is 1.88. The highest BCUT2D eigenvalue weighted by molar-refractivity contribution is 7.98. The van der Waals surface area contributed by atoms with E-state index in [1.807, 2.05) is 31.7 Å². The highest BCUT2D eigenvalue weighted by Crippen LogP contribution is 2.26. The molecule has 0 spiro atoms. The molecule has 0 fully saturated rings. The van der Waals surface area contributed by atoms with E-state index in [9.17, 15) is 4.79 Å². The maximum atomic E-state index is 11.7. The number of nitrogens with one attached hydrogen (secondary N) is 1. The summed E-state index contributed by atoms with van der Waals surface area (Å²) < 4.78 is 0. The topological polar surface area (TPSA) is 32.9 Å². The highest BCUT2D eigenvalue weighted by Gasteiger charge is 2.17. The molecule has 0 amide bonds. The van der Waals surface area contributed by atoms with Crippen molar-refractivity contribution >= 4 is 17.8 Å². The van der Waals surface area contributed by atoms with Crippen LogP contribution in [0.5, 0.6) is 0 Å². The van der Waals surface area contributed by atoms with E-state index in [1.54, 1.807) is 0 Å². The lowest BCUT2D eigenvalue weighted by molar-refractivity contribution is 0.992. The van der Waals surface area contributed by atoms with Crippen LogP contribution in [0.2, 0.25) is 0 Å². The normalized spacial score (nSPS) is 15.6. The summed E-state index contributed by atoms with van der Waals surface area (Å²) in [6.45, 7) is 3.98. The summed E-state index contributed by atoms with van der Waals surface area (Å²) in [4.78, 5) is 14.7. The molecule has 0 saturated carbocycles. The number of hydrogen-bond acceptors (Lipinski definition) is 2. The van der Waals surface area contributed by atoms with Gasteiger partial charge < -0.3 is 4.98 Å². The van der Waals surface area contributed by atoms with Gasteiger partial charge in [0.2, 0.25) is 0 Å². The zero-order valence-electron chi connectivity index (χ0n) is 9.09. The van der Waals surface area contributed by atoms with E-state index < -0.39 is 0 Å². The van der Waals surface area contributed by atoms with Crippen molar-refractivity contribution in [2.45, 2.75) is 26.0 Å². The fraction of sp³-hybridized carbons (Fsp3) is 0.417. The molecule has 2 heterocycles. The largest absolute Gasteiger partial charge is 0.326 e. The number of H-pyrrole nitrogens is 1. The smallest absolute Gasteiger partial charge is 0.252 e. The predicted octanol–water partition coefficient (Wildman–Crippen LogP) is 2.51. The van der Waals surface area contributed by atoms with Crippen molar-refractivity contribution in [1.29, 1.82) is 0 Å². The van der Waals surface area contributed by atoms with Crippen molar-refractivity contribution in [2.24, 2.45) is 0 Å². The molecule has 2 nitrogen and oxygen atoms in total. The van der Waals surface area contributed by atoms with Crippen LogP contribution in [-0.2, 0) is 12.2 Å². The number of aryl methyl sites for hydroxylation is 1. The molecule has 80 valence electrons. The van der Waals surface area contributed by atoms with Gasteiger partial charge in [-0.05, 0) is 37.1 Å². The number of hydrogen-bond donors (Lipinski definition) is 1. The maximum Gasteiger partial charge on any atom is 0.252 e. The third-order valence-electron chi connectivity index (χ3n) is 2.74. The molecular formula is C12H15NOS. The molecule has 0 bridgehead atoms. The second-order valence-corrected chi connectivity index (χ2v) is 4.86. The van der Waals surface area contributed by atoms with E-state index in [4.69, 9.17) is 0 Å². The molecule has 15 heavy (non-hydrogen) atoms. The number of aromatic nitrogens is 1. The van der Waals surface area contributed by atoms with Crippen LogP contribution in [0, 0.1) is 6.92 Å². The summed E-state index contributed by atoms with van der Waals surface area (Å²) in [5.74, 6) is 1.98. The van der Waals surface area contributed by atoms with Crippen molar-refractivity contribution in [1.82, 2.24) is 4.98 Å². The predicted molar refractivity (Wildman–Crippen MR) is 66.4 cm³/mol. The molecule has 0 atom stereocenters. The van der Waals surface area contributed by atoms with Crippen LogP contribution < -0.4 is 5.56 Å². The highest BCUT2D eigenvalue weighted by atomic mass is 32.2. The first-order chi connectivity index (χ1) is 7.24. The van der Waals surface area contributed by atoms with Crippen molar-refractivity contribution in [2.75, 3.05) is 5.75 Å². The van der Waals surface area contributed by atoms with E-state index in [-0.39, 0.29) is 5.56 Å². The Kier molecular flexibility index (Phi) is 3.00. The zero-order chi connectivity index (χ0) is 10.8. The molecule has 1 aromatic heterocycles. The van der Waals surface area contributed by atoms with Crippen LogP contribution >= 0.6 is 11.8 Å². The van der Waals surface area contributed by atoms with E-state index in [0.717, 1.165) is 29.2 Å². The summed E-state index contributed by atoms with van der Waals surface area (Å²) in [7, 11) is 0. The molecular weight excluding hydrogens is 206 g/mol. The van der Waals surface area contributed by atoms with E-state index in [0.29, 0.717) is 0 Å². The number of pyridine rings is 1. The Morgan fingerprint density at radius 3 is 2.93 bits per heavy atom. The summed E-state index contributed by atoms with van der Waals surface area (Å²) >= 11 is 1.84. The molecule has 2 rings (SSSR count). The Morgan fingerprint density at radius 1 is 1.40 bits per heavy atom. The Labute approximate surface area is 93.8 Å². The first-order valence-electron chi connectivity index (χ1n) is 5.19. The number of thioether (sulfide) groups is 1.